The summed E-state index contributed by atoms with van der Waals surface area (Å²) < 4.78 is 49.3. The smallest absolute Gasteiger partial charge is 0.416 e. The van der Waals surface area contributed by atoms with E-state index in [0.717, 1.165) is 31.6 Å². The van der Waals surface area contributed by atoms with Gasteiger partial charge in [-0.1, -0.05) is 13.0 Å². The fourth-order valence-corrected chi connectivity index (χ4v) is 2.47. The SMILES string of the molecule is CCC(CN=C(N)NCC1CCCO1)Oc1cccc(C(F)(F)F)c1.I. The van der Waals surface area contributed by atoms with Crippen molar-refractivity contribution in [1.29, 1.82) is 0 Å². The van der Waals surface area contributed by atoms with Gasteiger partial charge in [-0.2, -0.15) is 13.2 Å². The van der Waals surface area contributed by atoms with Gasteiger partial charge in [-0.3, -0.25) is 0 Å². The molecule has 1 aliphatic heterocycles. The van der Waals surface area contributed by atoms with Crippen LogP contribution in [0.5, 0.6) is 5.75 Å². The molecule has 26 heavy (non-hydrogen) atoms. The van der Waals surface area contributed by atoms with Crippen molar-refractivity contribution < 1.29 is 22.6 Å². The Labute approximate surface area is 168 Å². The van der Waals surface area contributed by atoms with Crippen LogP contribution in [0.3, 0.4) is 0 Å². The predicted molar refractivity (Wildman–Crippen MR) is 105 cm³/mol. The number of ether oxygens (including phenoxy) is 2. The van der Waals surface area contributed by atoms with E-state index in [4.69, 9.17) is 15.2 Å². The van der Waals surface area contributed by atoms with E-state index in [-0.39, 0.29) is 54.4 Å². The van der Waals surface area contributed by atoms with Crippen molar-refractivity contribution in [3.05, 3.63) is 29.8 Å². The number of nitrogens with zero attached hydrogens (tertiary/aromatic N) is 1. The number of hydrogen-bond acceptors (Lipinski definition) is 3. The molecule has 0 bridgehead atoms. The average Bonchev–Trinajstić information content (AvgIpc) is 3.09. The molecule has 0 saturated carbocycles. The minimum atomic E-state index is -4.39. The second-order valence-corrected chi connectivity index (χ2v) is 5.92. The summed E-state index contributed by atoms with van der Waals surface area (Å²) in [5, 5.41) is 3.00. The van der Waals surface area contributed by atoms with Crippen LogP contribution in [0.1, 0.15) is 31.7 Å². The highest BCUT2D eigenvalue weighted by molar-refractivity contribution is 14.0. The van der Waals surface area contributed by atoms with Gasteiger partial charge in [-0.05, 0) is 37.5 Å². The Bertz CT molecular complexity index is 579. The van der Waals surface area contributed by atoms with E-state index in [1.165, 1.54) is 12.1 Å². The van der Waals surface area contributed by atoms with Gasteiger partial charge in [0.1, 0.15) is 11.9 Å². The van der Waals surface area contributed by atoms with E-state index in [2.05, 4.69) is 10.3 Å². The molecule has 1 aliphatic rings. The topological polar surface area (TPSA) is 68.9 Å². The first kappa shape index (κ1) is 22.8. The fourth-order valence-electron chi connectivity index (χ4n) is 2.47. The molecule has 0 radical (unpaired) electrons. The van der Waals surface area contributed by atoms with Crippen LogP contribution >= 0.6 is 24.0 Å². The van der Waals surface area contributed by atoms with Crippen molar-refractivity contribution in [2.75, 3.05) is 19.7 Å². The maximum atomic E-state index is 12.7. The number of nitrogens with two attached hydrogens (primary N) is 1. The van der Waals surface area contributed by atoms with Gasteiger partial charge in [-0.15, -0.1) is 24.0 Å². The van der Waals surface area contributed by atoms with Crippen molar-refractivity contribution in [3.63, 3.8) is 0 Å². The molecule has 1 fully saturated rings. The highest BCUT2D eigenvalue weighted by atomic mass is 127. The molecule has 3 N–H and O–H groups in total. The molecule has 0 aromatic heterocycles. The van der Waals surface area contributed by atoms with Gasteiger partial charge in [0.15, 0.2) is 5.96 Å². The van der Waals surface area contributed by atoms with E-state index in [9.17, 15) is 13.2 Å². The molecule has 2 unspecified atom stereocenters. The Balaban J connectivity index is 0.00000338. The normalized spacial score (nSPS) is 18.9. The van der Waals surface area contributed by atoms with Crippen LogP contribution in [0, 0.1) is 0 Å². The first-order valence-corrected chi connectivity index (χ1v) is 8.37. The Morgan fingerprint density at radius 1 is 1.46 bits per heavy atom. The zero-order valence-electron chi connectivity index (χ0n) is 14.6. The van der Waals surface area contributed by atoms with Gasteiger partial charge in [0.05, 0.1) is 18.2 Å². The Morgan fingerprint density at radius 2 is 2.23 bits per heavy atom. The average molecular weight is 487 g/mol. The van der Waals surface area contributed by atoms with Crippen molar-refractivity contribution in [1.82, 2.24) is 5.32 Å². The molecule has 0 spiro atoms. The number of halogens is 4. The van der Waals surface area contributed by atoms with E-state index >= 15 is 0 Å². The van der Waals surface area contributed by atoms with Gasteiger partial charge in [0.25, 0.3) is 0 Å². The van der Waals surface area contributed by atoms with Gasteiger partial charge >= 0.3 is 6.18 Å². The summed E-state index contributed by atoms with van der Waals surface area (Å²) in [4.78, 5) is 4.20. The summed E-state index contributed by atoms with van der Waals surface area (Å²) in [6.45, 7) is 3.51. The number of guanidine groups is 1. The standard InChI is InChI=1S/C17H24F3N3O2.HI/c1-2-13(10-22-16(21)23-11-15-7-4-8-24-15)25-14-6-3-5-12(9-14)17(18,19)20;/h3,5-6,9,13,15H,2,4,7-8,10-11H2,1H3,(H3,21,22,23);1H. The molecule has 1 saturated heterocycles. The quantitative estimate of drug-likeness (QED) is 0.351. The van der Waals surface area contributed by atoms with Crippen LogP contribution in [-0.2, 0) is 10.9 Å². The van der Waals surface area contributed by atoms with Crippen molar-refractivity contribution >= 4 is 29.9 Å². The van der Waals surface area contributed by atoms with Crippen LogP contribution in [0.15, 0.2) is 29.3 Å². The number of rotatable bonds is 7. The lowest BCUT2D eigenvalue weighted by atomic mass is 10.2. The number of nitrogens with one attached hydrogen (secondary N) is 1. The lowest BCUT2D eigenvalue weighted by molar-refractivity contribution is -0.137. The third-order valence-electron chi connectivity index (χ3n) is 3.92. The highest BCUT2D eigenvalue weighted by Gasteiger charge is 2.30. The number of benzene rings is 1. The van der Waals surface area contributed by atoms with Crippen LogP contribution in [0.4, 0.5) is 13.2 Å². The maximum Gasteiger partial charge on any atom is 0.416 e. The summed E-state index contributed by atoms with van der Waals surface area (Å²) in [5.41, 5.74) is 5.07. The maximum absolute atomic E-state index is 12.7. The van der Waals surface area contributed by atoms with E-state index in [0.29, 0.717) is 13.0 Å². The molecular weight excluding hydrogens is 462 g/mol. The first-order valence-electron chi connectivity index (χ1n) is 8.37. The summed E-state index contributed by atoms with van der Waals surface area (Å²) in [6, 6.07) is 4.83. The third kappa shape index (κ3) is 7.56. The van der Waals surface area contributed by atoms with Crippen LogP contribution in [0.2, 0.25) is 0 Å². The second kappa shape index (κ2) is 10.8. The Hall–Kier alpha value is -1.23. The van der Waals surface area contributed by atoms with E-state index in [1.807, 2.05) is 6.92 Å². The third-order valence-corrected chi connectivity index (χ3v) is 3.92. The second-order valence-electron chi connectivity index (χ2n) is 5.92. The molecule has 1 heterocycles. The van der Waals surface area contributed by atoms with Crippen LogP contribution in [0.25, 0.3) is 0 Å². The Kier molecular flexibility index (Phi) is 9.48. The minimum absolute atomic E-state index is 0. The Morgan fingerprint density at radius 3 is 2.85 bits per heavy atom. The molecule has 148 valence electrons. The lowest BCUT2D eigenvalue weighted by Gasteiger charge is -2.17. The zero-order valence-corrected chi connectivity index (χ0v) is 16.9. The molecule has 0 amide bonds. The molecule has 1 aromatic carbocycles. The summed E-state index contributed by atoms with van der Waals surface area (Å²) in [5.74, 6) is 0.448. The number of aliphatic imine (C=N–C) groups is 1. The molecular formula is C17H25F3IN3O2. The molecule has 2 atom stereocenters. The van der Waals surface area contributed by atoms with Gasteiger partial charge < -0.3 is 20.5 Å². The summed E-state index contributed by atoms with van der Waals surface area (Å²) in [7, 11) is 0. The monoisotopic (exact) mass is 487 g/mol. The molecule has 9 heteroatoms. The minimum Gasteiger partial charge on any atom is -0.488 e. The first-order chi connectivity index (χ1) is 11.9. The van der Waals surface area contributed by atoms with Crippen molar-refractivity contribution in [2.45, 2.75) is 44.6 Å². The number of hydrogen-bond donors (Lipinski definition) is 2. The molecule has 0 aliphatic carbocycles. The molecule has 5 nitrogen and oxygen atoms in total. The molecule has 2 rings (SSSR count). The van der Waals surface area contributed by atoms with E-state index < -0.39 is 11.7 Å². The van der Waals surface area contributed by atoms with Crippen LogP contribution < -0.4 is 15.8 Å². The zero-order chi connectivity index (χ0) is 18.3. The highest BCUT2D eigenvalue weighted by Crippen LogP contribution is 2.31. The van der Waals surface area contributed by atoms with Gasteiger partial charge in [0.2, 0.25) is 0 Å². The van der Waals surface area contributed by atoms with Gasteiger partial charge in [0, 0.05) is 13.2 Å². The lowest BCUT2D eigenvalue weighted by Crippen LogP contribution is -2.38. The summed E-state index contributed by atoms with van der Waals surface area (Å²) >= 11 is 0. The van der Waals surface area contributed by atoms with Crippen LogP contribution in [-0.4, -0.2) is 37.9 Å². The number of alkyl halides is 3. The molecule has 1 aromatic rings. The van der Waals surface area contributed by atoms with Crippen molar-refractivity contribution in [2.24, 2.45) is 10.7 Å². The predicted octanol–water partition coefficient (Wildman–Crippen LogP) is 3.56. The summed E-state index contributed by atoms with van der Waals surface area (Å²) in [6.07, 6.45) is -1.96. The van der Waals surface area contributed by atoms with Crippen molar-refractivity contribution in [3.8, 4) is 5.75 Å². The fraction of sp³-hybridized carbons (Fsp3) is 0.588. The van der Waals surface area contributed by atoms with Gasteiger partial charge in [-0.25, -0.2) is 4.99 Å². The van der Waals surface area contributed by atoms with E-state index in [1.54, 1.807) is 0 Å². The largest absolute Gasteiger partial charge is 0.488 e.